The maximum absolute atomic E-state index is 8.42. The number of hydrogen-bond acceptors (Lipinski definition) is 3. The molecule has 0 atom stereocenters. The highest BCUT2D eigenvalue weighted by atomic mass is 16.5. The summed E-state index contributed by atoms with van der Waals surface area (Å²) in [4.78, 5) is 0. The average Bonchev–Trinajstić information content (AvgIpc) is 3.19. The summed E-state index contributed by atoms with van der Waals surface area (Å²) in [5.41, 5.74) is 3.89. The number of likely N-dealkylation sites (N-methyl/N-ethyl adjacent to an activating group) is 3. The highest BCUT2D eigenvalue weighted by Crippen LogP contribution is 2.10. The summed E-state index contributed by atoms with van der Waals surface area (Å²) in [7, 11) is -2.92. The van der Waals surface area contributed by atoms with Crippen molar-refractivity contribution < 1.29 is 28.5 Å². The first-order chi connectivity index (χ1) is 25.0. The Hall–Kier alpha value is -3.30. The molecule has 0 amide bonds. The van der Waals surface area contributed by atoms with Crippen molar-refractivity contribution in [3.05, 3.63) is 126 Å². The Labute approximate surface area is 320 Å². The molecule has 3 aromatic carbocycles. The van der Waals surface area contributed by atoms with Gasteiger partial charge in [0, 0.05) is 0 Å². The monoisotopic (exact) mass is 714 g/mol. The second-order valence-corrected chi connectivity index (χ2v) is 13.1. The summed E-state index contributed by atoms with van der Waals surface area (Å²) >= 11 is 0. The van der Waals surface area contributed by atoms with Gasteiger partial charge in [0.2, 0.25) is 0 Å². The van der Waals surface area contributed by atoms with Gasteiger partial charge >= 0.3 is 0 Å². The highest BCUT2D eigenvalue weighted by molar-refractivity contribution is 6.24. The van der Waals surface area contributed by atoms with Crippen molar-refractivity contribution in [3.8, 4) is 0 Å². The summed E-state index contributed by atoms with van der Waals surface area (Å²) in [5, 5.41) is 25.2. The molecule has 0 unspecified atom stereocenters. The minimum Gasteiger partial charge on any atom is -0.907 e. The first-order valence-corrected chi connectivity index (χ1v) is 19.7. The fourth-order valence-corrected chi connectivity index (χ4v) is 6.10. The lowest BCUT2D eigenvalue weighted by Gasteiger charge is -2.35. The Morgan fingerprint density at radius 2 is 0.538 bits per heavy atom. The summed E-state index contributed by atoms with van der Waals surface area (Å²) in [6, 6.07) is 31.6. The molecular formula is C45H72BN3O3. The zero-order valence-electron chi connectivity index (χ0n) is 34.3. The van der Waals surface area contributed by atoms with Gasteiger partial charge in [-0.15, -0.1) is 0 Å². The standard InChI is InChI=1S/3C15H24N.BO3/c3*1-4-16(5-2,6-3)14-10-13-15-11-8-7-9-12-15;2-1(3)4/h3*7-13H,4-6,14H2,1-3H3;/q3*+1;-3. The van der Waals surface area contributed by atoms with Crippen LogP contribution in [0.3, 0.4) is 0 Å². The molecule has 0 aliphatic rings. The molecule has 0 radical (unpaired) electrons. The fraction of sp³-hybridized carbons (Fsp3) is 0.467. The van der Waals surface area contributed by atoms with Crippen molar-refractivity contribution in [2.75, 3.05) is 78.5 Å². The van der Waals surface area contributed by atoms with Gasteiger partial charge in [-0.25, -0.2) is 0 Å². The third-order valence-corrected chi connectivity index (χ3v) is 10.8. The SMILES string of the molecule is CC[N+](CC)(CC)CC=Cc1ccccc1.CC[N+](CC)(CC)CC=Cc1ccccc1.CC[N+](CC)(CC)CC=Cc1ccccc1.[O-]B([O-])[O-]. The zero-order valence-corrected chi connectivity index (χ0v) is 34.3. The van der Waals surface area contributed by atoms with Crippen LogP contribution in [0.2, 0.25) is 0 Å². The molecule has 0 spiro atoms. The quantitative estimate of drug-likeness (QED) is 0.108. The molecule has 0 heterocycles. The topological polar surface area (TPSA) is 69.2 Å². The lowest BCUT2D eigenvalue weighted by molar-refractivity contribution is -0.917. The first kappa shape index (κ1) is 48.7. The molecule has 7 heteroatoms. The summed E-state index contributed by atoms with van der Waals surface area (Å²) < 4.78 is 3.55. The van der Waals surface area contributed by atoms with E-state index in [4.69, 9.17) is 15.1 Å². The molecule has 0 bridgehead atoms. The maximum atomic E-state index is 8.42. The largest absolute Gasteiger partial charge is 0.907 e. The van der Waals surface area contributed by atoms with Crippen molar-refractivity contribution in [1.82, 2.24) is 0 Å². The van der Waals surface area contributed by atoms with Crippen LogP contribution in [0, 0.1) is 0 Å². The van der Waals surface area contributed by atoms with Crippen LogP contribution in [0.5, 0.6) is 0 Å². The molecule has 3 rings (SSSR count). The Kier molecular flexibility index (Phi) is 27.3. The molecule has 288 valence electrons. The van der Waals surface area contributed by atoms with Crippen LogP contribution < -0.4 is 15.1 Å². The van der Waals surface area contributed by atoms with E-state index in [1.807, 2.05) is 0 Å². The van der Waals surface area contributed by atoms with Gasteiger partial charge in [-0.2, -0.15) is 0 Å². The molecule has 6 nitrogen and oxygen atoms in total. The number of rotatable bonds is 18. The van der Waals surface area contributed by atoms with Crippen LogP contribution in [0.1, 0.15) is 79.0 Å². The molecule has 0 saturated carbocycles. The van der Waals surface area contributed by atoms with Crippen molar-refractivity contribution >= 4 is 25.5 Å². The van der Waals surface area contributed by atoms with E-state index in [1.165, 1.54) is 89.0 Å². The molecule has 0 fully saturated rings. The Morgan fingerprint density at radius 3 is 0.692 bits per heavy atom. The van der Waals surface area contributed by atoms with E-state index in [2.05, 4.69) is 190 Å². The number of benzene rings is 3. The van der Waals surface area contributed by atoms with E-state index in [9.17, 15) is 0 Å². The fourth-order valence-electron chi connectivity index (χ4n) is 6.10. The predicted octanol–water partition coefficient (Wildman–Crippen LogP) is 6.78. The lowest BCUT2D eigenvalue weighted by Crippen LogP contribution is -2.56. The minimum atomic E-state index is -2.92. The molecule has 0 aliphatic heterocycles. The van der Waals surface area contributed by atoms with Crippen LogP contribution in [-0.4, -0.2) is 99.3 Å². The molecule has 0 N–H and O–H groups in total. The van der Waals surface area contributed by atoms with Crippen LogP contribution >= 0.6 is 0 Å². The molecular weight excluding hydrogens is 641 g/mol. The van der Waals surface area contributed by atoms with Gasteiger partial charge in [0.05, 0.1) is 78.5 Å². The molecule has 52 heavy (non-hydrogen) atoms. The second-order valence-electron chi connectivity index (χ2n) is 13.1. The lowest BCUT2D eigenvalue weighted by atomic mass is 10.2. The van der Waals surface area contributed by atoms with E-state index in [0.29, 0.717) is 0 Å². The molecule has 3 aromatic rings. The smallest absolute Gasteiger partial charge is 0.0976 e. The van der Waals surface area contributed by atoms with Crippen LogP contribution in [0.4, 0.5) is 0 Å². The summed E-state index contributed by atoms with van der Waals surface area (Å²) in [5.74, 6) is 0. The normalized spacial score (nSPS) is 11.8. The first-order valence-electron chi connectivity index (χ1n) is 19.7. The van der Waals surface area contributed by atoms with Crippen LogP contribution in [0.15, 0.2) is 109 Å². The molecule has 0 saturated heterocycles. The highest BCUT2D eigenvalue weighted by Gasteiger charge is 2.19. The predicted molar refractivity (Wildman–Crippen MR) is 222 cm³/mol. The maximum Gasteiger partial charge on any atom is 0.0976 e. The van der Waals surface area contributed by atoms with Crippen molar-refractivity contribution in [3.63, 3.8) is 0 Å². The van der Waals surface area contributed by atoms with Gasteiger partial charge in [0.1, 0.15) is 0 Å². The Balaban J connectivity index is 0.000000712. The van der Waals surface area contributed by atoms with Gasteiger partial charge in [0.15, 0.2) is 0 Å². The number of quaternary nitrogens is 3. The Morgan fingerprint density at radius 1 is 0.365 bits per heavy atom. The molecule has 0 aliphatic carbocycles. The van der Waals surface area contributed by atoms with Gasteiger partial charge in [0.25, 0.3) is 0 Å². The average molecular weight is 714 g/mol. The number of hydrogen-bond donors (Lipinski definition) is 0. The van der Waals surface area contributed by atoms with E-state index in [1.54, 1.807) is 0 Å². The van der Waals surface area contributed by atoms with Gasteiger partial charge in [-0.05, 0) is 97.2 Å². The third kappa shape index (κ3) is 20.7. The van der Waals surface area contributed by atoms with E-state index < -0.39 is 7.32 Å². The van der Waals surface area contributed by atoms with Gasteiger partial charge in [-0.1, -0.05) is 109 Å². The van der Waals surface area contributed by atoms with Crippen molar-refractivity contribution in [1.29, 1.82) is 0 Å². The van der Waals surface area contributed by atoms with Crippen molar-refractivity contribution in [2.45, 2.75) is 62.3 Å². The van der Waals surface area contributed by atoms with Gasteiger partial charge < -0.3 is 28.5 Å². The summed E-state index contributed by atoms with van der Waals surface area (Å²) in [6.07, 6.45) is 13.6. The summed E-state index contributed by atoms with van der Waals surface area (Å²) in [6.45, 7) is 34.9. The zero-order chi connectivity index (χ0) is 39.1. The van der Waals surface area contributed by atoms with E-state index in [-0.39, 0.29) is 0 Å². The van der Waals surface area contributed by atoms with Gasteiger partial charge in [-0.3, -0.25) is 7.32 Å². The van der Waals surface area contributed by atoms with Crippen LogP contribution in [-0.2, 0) is 0 Å². The number of nitrogens with zero attached hydrogens (tertiary/aromatic N) is 3. The Bertz CT molecular complexity index is 1130. The van der Waals surface area contributed by atoms with E-state index >= 15 is 0 Å². The van der Waals surface area contributed by atoms with Crippen molar-refractivity contribution in [2.24, 2.45) is 0 Å². The minimum absolute atomic E-state index is 1.14. The van der Waals surface area contributed by atoms with E-state index in [0.717, 1.165) is 19.6 Å². The second kappa shape index (κ2) is 29.2. The van der Waals surface area contributed by atoms with Crippen LogP contribution in [0.25, 0.3) is 18.2 Å². The third-order valence-electron chi connectivity index (χ3n) is 10.8. The molecule has 0 aromatic heterocycles.